The number of carbonyl (C=O) groups is 1. The smallest absolute Gasteiger partial charge is 0.223 e. The summed E-state index contributed by atoms with van der Waals surface area (Å²) in [6.07, 6.45) is 5.20. The standard InChI is InChI=1S/C27H34N2O2/c1-2-31-24-11-6-10-21(14-24)17-28-18-22-16-23(19-28)26(15-20-8-4-3-5-9-20)29-25(22)12-7-13-27(29)30/h3-6,8-11,14,22-23,25-26H,2,7,12-13,15-19H2,1H3/t22-,23+,25+,26+/m1/s1. The second kappa shape index (κ2) is 9.04. The Kier molecular flexibility index (Phi) is 5.99. The van der Waals surface area contributed by atoms with Crippen LogP contribution in [-0.4, -0.2) is 47.5 Å². The van der Waals surface area contributed by atoms with Gasteiger partial charge in [0.1, 0.15) is 5.75 Å². The third-order valence-electron chi connectivity index (χ3n) is 7.48. The van der Waals surface area contributed by atoms with Gasteiger partial charge >= 0.3 is 0 Å². The van der Waals surface area contributed by atoms with Crippen LogP contribution in [0.2, 0.25) is 0 Å². The summed E-state index contributed by atoms with van der Waals surface area (Å²) in [6.45, 7) is 5.87. The fourth-order valence-electron chi connectivity index (χ4n) is 6.28. The van der Waals surface area contributed by atoms with Crippen LogP contribution in [0.3, 0.4) is 0 Å². The van der Waals surface area contributed by atoms with Crippen molar-refractivity contribution in [2.24, 2.45) is 11.8 Å². The summed E-state index contributed by atoms with van der Waals surface area (Å²) in [7, 11) is 0. The molecule has 0 unspecified atom stereocenters. The van der Waals surface area contributed by atoms with Crippen LogP contribution in [0.1, 0.15) is 43.7 Å². The zero-order chi connectivity index (χ0) is 21.2. The van der Waals surface area contributed by atoms with Crippen LogP contribution in [0.4, 0.5) is 0 Å². The SMILES string of the molecule is CCOc1cccc(CN2C[C@H]3C[C@@H](C2)[C@H](Cc2ccccc2)N2C(=O)CCC[C@@H]32)c1. The lowest BCUT2D eigenvalue weighted by molar-refractivity contribution is -0.152. The number of rotatable bonds is 6. The molecule has 0 spiro atoms. The van der Waals surface area contributed by atoms with E-state index in [0.717, 1.165) is 44.6 Å². The zero-order valence-electron chi connectivity index (χ0n) is 18.6. The molecule has 1 amide bonds. The monoisotopic (exact) mass is 418 g/mol. The quantitative estimate of drug-likeness (QED) is 0.691. The van der Waals surface area contributed by atoms with E-state index in [-0.39, 0.29) is 0 Å². The summed E-state index contributed by atoms with van der Waals surface area (Å²) < 4.78 is 5.71. The number of nitrogens with zero attached hydrogens (tertiary/aromatic N) is 2. The Hall–Kier alpha value is -2.33. The molecule has 3 fully saturated rings. The van der Waals surface area contributed by atoms with Crippen molar-refractivity contribution in [3.8, 4) is 5.75 Å². The van der Waals surface area contributed by atoms with E-state index in [1.54, 1.807) is 0 Å². The summed E-state index contributed by atoms with van der Waals surface area (Å²) in [6, 6.07) is 20.0. The molecule has 0 saturated carbocycles. The fraction of sp³-hybridized carbons (Fsp3) is 0.519. The number of likely N-dealkylation sites (tertiary alicyclic amines) is 1. The van der Waals surface area contributed by atoms with Gasteiger partial charge in [-0.25, -0.2) is 0 Å². The number of hydrogen-bond acceptors (Lipinski definition) is 3. The summed E-state index contributed by atoms with van der Waals surface area (Å²) >= 11 is 0. The molecule has 4 nitrogen and oxygen atoms in total. The largest absolute Gasteiger partial charge is 0.494 e. The summed E-state index contributed by atoms with van der Waals surface area (Å²) in [5, 5.41) is 0. The first kappa shape index (κ1) is 20.6. The van der Waals surface area contributed by atoms with E-state index in [9.17, 15) is 4.79 Å². The van der Waals surface area contributed by atoms with Gasteiger partial charge in [0, 0.05) is 38.1 Å². The molecule has 3 aliphatic rings. The maximum absolute atomic E-state index is 13.0. The number of amides is 1. The first-order valence-electron chi connectivity index (χ1n) is 12.0. The minimum Gasteiger partial charge on any atom is -0.494 e. The van der Waals surface area contributed by atoms with Gasteiger partial charge in [-0.15, -0.1) is 0 Å². The first-order chi connectivity index (χ1) is 15.2. The number of benzene rings is 2. The summed E-state index contributed by atoms with van der Waals surface area (Å²) in [5.41, 5.74) is 2.67. The minimum atomic E-state index is 0.328. The molecule has 3 saturated heterocycles. The van der Waals surface area contributed by atoms with Gasteiger partial charge in [0.2, 0.25) is 5.91 Å². The summed E-state index contributed by atoms with van der Waals surface area (Å²) in [4.78, 5) is 18.0. The number of hydrogen-bond donors (Lipinski definition) is 0. The van der Waals surface area contributed by atoms with Crippen molar-refractivity contribution >= 4 is 5.91 Å². The van der Waals surface area contributed by atoms with Crippen molar-refractivity contribution in [1.82, 2.24) is 9.80 Å². The predicted molar refractivity (Wildman–Crippen MR) is 123 cm³/mol. The molecule has 3 heterocycles. The first-order valence-corrected chi connectivity index (χ1v) is 12.0. The Morgan fingerprint density at radius 2 is 1.81 bits per heavy atom. The lowest BCUT2D eigenvalue weighted by Gasteiger charge is -2.57. The zero-order valence-corrected chi connectivity index (χ0v) is 18.6. The van der Waals surface area contributed by atoms with Gasteiger partial charge in [0.25, 0.3) is 0 Å². The maximum atomic E-state index is 13.0. The van der Waals surface area contributed by atoms with Crippen LogP contribution in [0.15, 0.2) is 54.6 Å². The van der Waals surface area contributed by atoms with Crippen LogP contribution in [0.5, 0.6) is 5.75 Å². The molecular formula is C27H34N2O2. The molecule has 0 N–H and O–H groups in total. The summed E-state index contributed by atoms with van der Waals surface area (Å²) in [5.74, 6) is 2.50. The van der Waals surface area contributed by atoms with Gasteiger partial charge in [-0.2, -0.15) is 0 Å². The van der Waals surface area contributed by atoms with E-state index < -0.39 is 0 Å². The van der Waals surface area contributed by atoms with E-state index >= 15 is 0 Å². The molecule has 2 aromatic rings. The molecule has 4 atom stereocenters. The second-order valence-electron chi connectivity index (χ2n) is 9.55. The van der Waals surface area contributed by atoms with Gasteiger partial charge in [0.15, 0.2) is 0 Å². The van der Waals surface area contributed by atoms with Crippen molar-refractivity contribution in [3.63, 3.8) is 0 Å². The highest BCUT2D eigenvalue weighted by atomic mass is 16.5. The second-order valence-corrected chi connectivity index (χ2v) is 9.55. The number of fused-ring (bicyclic) bond motifs is 4. The van der Waals surface area contributed by atoms with Gasteiger partial charge in [0.05, 0.1) is 6.61 Å². The van der Waals surface area contributed by atoms with Crippen LogP contribution in [-0.2, 0) is 17.8 Å². The number of piperidine rings is 3. The molecule has 2 bridgehead atoms. The van der Waals surface area contributed by atoms with E-state index in [4.69, 9.17) is 4.74 Å². The van der Waals surface area contributed by atoms with Gasteiger partial charge in [-0.05, 0) is 67.7 Å². The van der Waals surface area contributed by atoms with E-state index in [0.29, 0.717) is 36.4 Å². The highest BCUT2D eigenvalue weighted by Gasteiger charge is 2.49. The average Bonchev–Trinajstić information content (AvgIpc) is 2.78. The third kappa shape index (κ3) is 4.36. The highest BCUT2D eigenvalue weighted by molar-refractivity contribution is 5.78. The molecule has 164 valence electrons. The number of carbonyl (C=O) groups excluding carboxylic acids is 1. The maximum Gasteiger partial charge on any atom is 0.223 e. The highest BCUT2D eigenvalue weighted by Crippen LogP contribution is 2.42. The van der Waals surface area contributed by atoms with Crippen molar-refractivity contribution in [2.75, 3.05) is 19.7 Å². The van der Waals surface area contributed by atoms with E-state index in [1.807, 2.05) is 13.0 Å². The molecular weight excluding hydrogens is 384 g/mol. The van der Waals surface area contributed by atoms with Crippen LogP contribution >= 0.6 is 0 Å². The van der Waals surface area contributed by atoms with Gasteiger partial charge in [-0.1, -0.05) is 42.5 Å². The fourth-order valence-corrected chi connectivity index (χ4v) is 6.28. The molecule has 3 aliphatic heterocycles. The Balaban J connectivity index is 1.37. The Labute approximate surface area is 186 Å². The lowest BCUT2D eigenvalue weighted by Crippen LogP contribution is -2.65. The Morgan fingerprint density at radius 3 is 2.65 bits per heavy atom. The van der Waals surface area contributed by atoms with Gasteiger partial charge in [-0.3, -0.25) is 9.69 Å². The van der Waals surface area contributed by atoms with E-state index in [1.165, 1.54) is 24.0 Å². The average molecular weight is 419 g/mol. The van der Waals surface area contributed by atoms with Crippen molar-refractivity contribution in [2.45, 2.75) is 57.7 Å². The van der Waals surface area contributed by atoms with E-state index in [2.05, 4.69) is 58.3 Å². The number of ether oxygens (including phenoxy) is 1. The molecule has 31 heavy (non-hydrogen) atoms. The normalized spacial score (nSPS) is 28.3. The van der Waals surface area contributed by atoms with Crippen molar-refractivity contribution in [1.29, 1.82) is 0 Å². The predicted octanol–water partition coefficient (Wildman–Crippen LogP) is 4.53. The Morgan fingerprint density at radius 1 is 1.00 bits per heavy atom. The van der Waals surface area contributed by atoms with Crippen molar-refractivity contribution < 1.29 is 9.53 Å². The lowest BCUT2D eigenvalue weighted by atomic mass is 9.70. The van der Waals surface area contributed by atoms with Crippen LogP contribution in [0, 0.1) is 11.8 Å². The molecule has 0 radical (unpaired) electrons. The van der Waals surface area contributed by atoms with Gasteiger partial charge < -0.3 is 9.64 Å². The minimum absolute atomic E-state index is 0.328. The topological polar surface area (TPSA) is 32.8 Å². The molecule has 4 heteroatoms. The van der Waals surface area contributed by atoms with Crippen LogP contribution in [0.25, 0.3) is 0 Å². The molecule has 2 aromatic carbocycles. The molecule has 0 aliphatic carbocycles. The molecule has 0 aromatic heterocycles. The van der Waals surface area contributed by atoms with Crippen LogP contribution < -0.4 is 4.74 Å². The Bertz CT molecular complexity index is 899. The molecule has 5 rings (SSSR count). The third-order valence-corrected chi connectivity index (χ3v) is 7.48. The van der Waals surface area contributed by atoms with Crippen molar-refractivity contribution in [3.05, 3.63) is 65.7 Å².